The van der Waals surface area contributed by atoms with E-state index in [9.17, 15) is 19.5 Å². The highest BCUT2D eigenvalue weighted by Crippen LogP contribution is 2.20. The molecule has 0 spiro atoms. The lowest BCUT2D eigenvalue weighted by molar-refractivity contribution is -0.123. The van der Waals surface area contributed by atoms with Crippen LogP contribution in [-0.2, 0) is 4.79 Å². The van der Waals surface area contributed by atoms with Crippen molar-refractivity contribution in [3.8, 4) is 5.75 Å². The number of rotatable bonds is 6. The maximum Gasteiger partial charge on any atom is 0.272 e. The molecule has 9 heteroatoms. The number of hydrogen-bond donors (Lipinski definition) is 4. The molecule has 1 heterocycles. The minimum atomic E-state index is -1.26. The smallest absolute Gasteiger partial charge is 0.272 e. The fourth-order valence-corrected chi connectivity index (χ4v) is 3.24. The number of hydrazone groups is 1. The molecule has 1 atom stereocenters. The second-order valence-electron chi connectivity index (χ2n) is 7.05. The molecule has 33 heavy (non-hydrogen) atoms. The minimum Gasteiger partial charge on any atom is -0.507 e. The van der Waals surface area contributed by atoms with Crippen molar-refractivity contribution in [2.45, 2.75) is 6.04 Å². The predicted octanol–water partition coefficient (Wildman–Crippen LogP) is 2.25. The van der Waals surface area contributed by atoms with Crippen LogP contribution in [0, 0.1) is 0 Å². The average Bonchev–Trinajstić information content (AvgIpc) is 2.85. The molecular weight excluding hydrogens is 422 g/mol. The number of fused-ring (bicyclic) bond motifs is 1. The Balaban J connectivity index is 1.68. The van der Waals surface area contributed by atoms with Crippen molar-refractivity contribution in [1.82, 2.24) is 20.9 Å². The lowest BCUT2D eigenvalue weighted by atomic mass is 10.0. The summed E-state index contributed by atoms with van der Waals surface area (Å²) in [7, 11) is 0. The number of aromatic hydroxyl groups is 1. The second-order valence-corrected chi connectivity index (χ2v) is 7.05. The number of para-hydroxylation sites is 1. The number of benzene rings is 3. The van der Waals surface area contributed by atoms with E-state index in [1.165, 1.54) is 12.3 Å². The zero-order valence-electron chi connectivity index (χ0n) is 17.2. The summed E-state index contributed by atoms with van der Waals surface area (Å²) < 4.78 is 0. The van der Waals surface area contributed by atoms with Crippen LogP contribution >= 0.6 is 0 Å². The average molecular weight is 441 g/mol. The molecule has 0 saturated heterocycles. The third-order valence-electron chi connectivity index (χ3n) is 4.89. The topological polar surface area (TPSA) is 137 Å². The first kappa shape index (κ1) is 21.4. The Bertz CT molecular complexity index is 1400. The first-order valence-corrected chi connectivity index (χ1v) is 9.99. The van der Waals surface area contributed by atoms with Crippen molar-refractivity contribution in [3.63, 3.8) is 0 Å². The van der Waals surface area contributed by atoms with E-state index in [1.54, 1.807) is 72.8 Å². The second kappa shape index (κ2) is 9.56. The van der Waals surface area contributed by atoms with Gasteiger partial charge in [-0.25, -0.2) is 10.5 Å². The minimum absolute atomic E-state index is 0.00211. The van der Waals surface area contributed by atoms with Crippen LogP contribution in [-0.4, -0.2) is 33.3 Å². The van der Waals surface area contributed by atoms with Crippen molar-refractivity contribution in [3.05, 3.63) is 106 Å². The molecule has 1 aromatic heterocycles. The van der Waals surface area contributed by atoms with Gasteiger partial charge in [-0.2, -0.15) is 10.2 Å². The van der Waals surface area contributed by atoms with Crippen LogP contribution in [0.3, 0.4) is 0 Å². The Morgan fingerprint density at radius 2 is 1.61 bits per heavy atom. The molecule has 164 valence electrons. The number of amides is 2. The quantitative estimate of drug-likeness (QED) is 0.269. The van der Waals surface area contributed by atoms with Gasteiger partial charge in [-0.05, 0) is 30.3 Å². The largest absolute Gasteiger partial charge is 0.507 e. The van der Waals surface area contributed by atoms with Crippen molar-refractivity contribution >= 4 is 28.8 Å². The number of phenols is 1. The number of nitrogens with zero attached hydrogens (tertiary/aromatic N) is 2. The number of carbonyl (C=O) groups excluding carboxylic acids is 2. The van der Waals surface area contributed by atoms with Crippen molar-refractivity contribution in [2.75, 3.05) is 0 Å². The monoisotopic (exact) mass is 441 g/mol. The summed E-state index contributed by atoms with van der Waals surface area (Å²) in [5.41, 5.74) is 2.85. The number of hydrogen-bond acceptors (Lipinski definition) is 6. The van der Waals surface area contributed by atoms with Gasteiger partial charge in [0.2, 0.25) is 0 Å². The maximum absolute atomic E-state index is 13.1. The SMILES string of the molecule is O=C(NC(C(=O)NN=Cc1ccccc1O)c1n[nH]c(=O)c2ccccc12)c1ccccc1. The van der Waals surface area contributed by atoms with Crippen molar-refractivity contribution in [1.29, 1.82) is 0 Å². The highest BCUT2D eigenvalue weighted by atomic mass is 16.3. The first-order valence-electron chi connectivity index (χ1n) is 9.99. The third-order valence-corrected chi connectivity index (χ3v) is 4.89. The Hall–Kier alpha value is -4.79. The molecule has 4 N–H and O–H groups in total. The van der Waals surface area contributed by atoms with Gasteiger partial charge in [0, 0.05) is 16.5 Å². The van der Waals surface area contributed by atoms with Gasteiger partial charge < -0.3 is 10.4 Å². The summed E-state index contributed by atoms with van der Waals surface area (Å²) in [6, 6.07) is 20.3. The van der Waals surface area contributed by atoms with Crippen LogP contribution in [0.25, 0.3) is 10.8 Å². The van der Waals surface area contributed by atoms with Crippen LogP contribution in [0.5, 0.6) is 5.75 Å². The van der Waals surface area contributed by atoms with Gasteiger partial charge >= 0.3 is 0 Å². The summed E-state index contributed by atoms with van der Waals surface area (Å²) in [4.78, 5) is 38.1. The molecule has 0 saturated carbocycles. The lowest BCUT2D eigenvalue weighted by Gasteiger charge is -2.18. The molecule has 4 aromatic rings. The summed E-state index contributed by atoms with van der Waals surface area (Å²) in [5.74, 6) is -1.19. The van der Waals surface area contributed by atoms with Crippen LogP contribution in [0.4, 0.5) is 0 Å². The van der Waals surface area contributed by atoms with E-state index in [4.69, 9.17) is 0 Å². The number of carbonyl (C=O) groups is 2. The number of nitrogens with one attached hydrogen (secondary N) is 3. The zero-order valence-corrected chi connectivity index (χ0v) is 17.2. The van der Waals surface area contributed by atoms with E-state index >= 15 is 0 Å². The van der Waals surface area contributed by atoms with Crippen molar-refractivity contribution < 1.29 is 14.7 Å². The molecular formula is C24H19N5O4. The van der Waals surface area contributed by atoms with Crippen LogP contribution in [0.15, 0.2) is 88.8 Å². The third kappa shape index (κ3) is 4.77. The van der Waals surface area contributed by atoms with E-state index in [0.717, 1.165) is 0 Å². The molecule has 0 aliphatic carbocycles. The number of aromatic nitrogens is 2. The van der Waals surface area contributed by atoms with Crippen LogP contribution in [0.1, 0.15) is 27.7 Å². The van der Waals surface area contributed by atoms with E-state index in [0.29, 0.717) is 21.9 Å². The van der Waals surface area contributed by atoms with Gasteiger partial charge in [0.25, 0.3) is 17.4 Å². The molecule has 0 aliphatic rings. The van der Waals surface area contributed by atoms with Gasteiger partial charge in [-0.1, -0.05) is 48.5 Å². The van der Waals surface area contributed by atoms with Gasteiger partial charge in [0.15, 0.2) is 6.04 Å². The Labute approximate surface area is 187 Å². The van der Waals surface area contributed by atoms with Crippen LogP contribution in [0.2, 0.25) is 0 Å². The first-order chi connectivity index (χ1) is 16.0. The molecule has 0 aliphatic heterocycles. The fraction of sp³-hybridized carbons (Fsp3) is 0.0417. The number of aromatic amines is 1. The summed E-state index contributed by atoms with van der Waals surface area (Å²) in [5, 5.41) is 23.6. The van der Waals surface area contributed by atoms with E-state index in [-0.39, 0.29) is 11.4 Å². The van der Waals surface area contributed by atoms with Gasteiger partial charge in [-0.15, -0.1) is 0 Å². The molecule has 9 nitrogen and oxygen atoms in total. The van der Waals surface area contributed by atoms with E-state index < -0.39 is 23.4 Å². The van der Waals surface area contributed by atoms with Gasteiger partial charge in [0.05, 0.1) is 11.6 Å². The van der Waals surface area contributed by atoms with Gasteiger partial charge in [-0.3, -0.25) is 14.4 Å². The Kier molecular flexibility index (Phi) is 6.21. The summed E-state index contributed by atoms with van der Waals surface area (Å²) >= 11 is 0. The normalized spacial score (nSPS) is 11.9. The maximum atomic E-state index is 13.1. The fourth-order valence-electron chi connectivity index (χ4n) is 3.24. The summed E-state index contributed by atoms with van der Waals surface area (Å²) in [6.45, 7) is 0. The Morgan fingerprint density at radius 1 is 0.939 bits per heavy atom. The highest BCUT2D eigenvalue weighted by molar-refractivity contribution is 5.99. The Morgan fingerprint density at radius 3 is 2.36 bits per heavy atom. The highest BCUT2D eigenvalue weighted by Gasteiger charge is 2.27. The van der Waals surface area contributed by atoms with Gasteiger partial charge in [0.1, 0.15) is 11.4 Å². The zero-order chi connectivity index (χ0) is 23.2. The van der Waals surface area contributed by atoms with Crippen molar-refractivity contribution in [2.24, 2.45) is 5.10 Å². The molecule has 3 aromatic carbocycles. The molecule has 0 radical (unpaired) electrons. The van der Waals surface area contributed by atoms with Crippen LogP contribution < -0.4 is 16.3 Å². The number of H-pyrrole nitrogens is 1. The standard InChI is InChI=1S/C24H19N5O4/c30-19-13-7-4-10-16(19)14-25-28-24(33)21(26-22(31)15-8-2-1-3-9-15)20-17-11-5-6-12-18(17)23(32)29-27-20/h1-14,21,30H,(H,26,31)(H,28,33)(H,29,32). The van der Waals surface area contributed by atoms with E-state index in [1.807, 2.05) is 0 Å². The molecule has 2 amide bonds. The summed E-state index contributed by atoms with van der Waals surface area (Å²) in [6.07, 6.45) is 1.28. The molecule has 0 bridgehead atoms. The lowest BCUT2D eigenvalue weighted by Crippen LogP contribution is -2.40. The number of phenolic OH excluding ortho intramolecular Hbond substituents is 1. The molecule has 0 fully saturated rings. The van der Waals surface area contributed by atoms with E-state index in [2.05, 4.69) is 26.0 Å². The molecule has 4 rings (SSSR count). The molecule has 1 unspecified atom stereocenters. The predicted molar refractivity (Wildman–Crippen MR) is 123 cm³/mol.